The van der Waals surface area contributed by atoms with Gasteiger partial charge < -0.3 is 9.88 Å². The molecule has 1 fully saturated rings. The number of aromatic nitrogens is 2. The van der Waals surface area contributed by atoms with Crippen LogP contribution in [0.15, 0.2) is 35.6 Å². The van der Waals surface area contributed by atoms with Crippen molar-refractivity contribution >= 4 is 17.3 Å². The number of amides is 1. The predicted octanol–water partition coefficient (Wildman–Crippen LogP) is 5.45. The highest BCUT2D eigenvalue weighted by molar-refractivity contribution is 5.95. The van der Waals surface area contributed by atoms with E-state index in [1.54, 1.807) is 11.8 Å². The third-order valence-electron chi connectivity index (χ3n) is 7.55. The molecule has 0 saturated carbocycles. The van der Waals surface area contributed by atoms with Crippen LogP contribution in [0.2, 0.25) is 0 Å². The molecular formula is C27H31N7O2. The molecule has 2 aliphatic rings. The molecule has 9 heteroatoms. The van der Waals surface area contributed by atoms with Gasteiger partial charge in [0.2, 0.25) is 11.7 Å². The van der Waals surface area contributed by atoms with Crippen LogP contribution in [0, 0.1) is 16.7 Å². The number of imidazole rings is 1. The normalized spacial score (nSPS) is 18.5. The Morgan fingerprint density at radius 3 is 2.61 bits per heavy atom. The van der Waals surface area contributed by atoms with Gasteiger partial charge in [-0.2, -0.15) is 5.26 Å². The first-order chi connectivity index (χ1) is 17.2. The summed E-state index contributed by atoms with van der Waals surface area (Å²) in [6, 6.07) is 7.93. The van der Waals surface area contributed by atoms with Gasteiger partial charge in [-0.05, 0) is 65.3 Å². The fourth-order valence-electron chi connectivity index (χ4n) is 5.14. The fraction of sp³-hybridized carbons (Fsp3) is 0.481. The molecule has 4 rings (SSSR count). The molecule has 1 aromatic carbocycles. The Kier molecular flexibility index (Phi) is 7.00. The average Bonchev–Trinajstić information content (AvgIpc) is 3.34. The molecule has 1 aromatic heterocycles. The van der Waals surface area contributed by atoms with Crippen LogP contribution in [-0.4, -0.2) is 39.6 Å². The summed E-state index contributed by atoms with van der Waals surface area (Å²) in [4.78, 5) is 36.7. The summed E-state index contributed by atoms with van der Waals surface area (Å²) < 4.78 is 0. The minimum atomic E-state index is -0.741. The van der Waals surface area contributed by atoms with Crippen molar-refractivity contribution in [1.29, 1.82) is 5.26 Å². The highest BCUT2D eigenvalue weighted by atomic mass is 16.2. The summed E-state index contributed by atoms with van der Waals surface area (Å²) in [6.45, 7) is 7.12. The fourth-order valence-corrected chi connectivity index (χ4v) is 5.14. The number of carbonyl (C=O) groups is 2. The number of aromatic amines is 1. The Morgan fingerprint density at radius 1 is 1.28 bits per heavy atom. The second-order valence-electron chi connectivity index (χ2n) is 10.6. The van der Waals surface area contributed by atoms with Gasteiger partial charge in [0.25, 0.3) is 0 Å². The van der Waals surface area contributed by atoms with E-state index in [0.717, 1.165) is 36.0 Å². The Bertz CT molecular complexity index is 1300. The molecule has 0 bridgehead atoms. The molecule has 1 N–H and O–H groups in total. The number of nitrogens with zero attached hydrogens (tertiary/aromatic N) is 6. The SMILES string of the molecule is CC(=O)N1CCC(N=[N+]=[N-])(c2ccc(CC(=O)c3ncc(C#N)[nH]3)c(C3=CCC(C)(C)CC3)c2)CC1. The van der Waals surface area contributed by atoms with Crippen molar-refractivity contribution in [3.8, 4) is 6.07 Å². The largest absolute Gasteiger partial charge is 0.343 e. The molecule has 1 saturated heterocycles. The molecule has 186 valence electrons. The molecule has 1 aliphatic carbocycles. The number of azide groups is 1. The second kappa shape index (κ2) is 10.00. The van der Waals surface area contributed by atoms with Gasteiger partial charge in [0.05, 0.1) is 11.7 Å². The lowest BCUT2D eigenvalue weighted by atomic mass is 9.74. The number of nitrogens with one attached hydrogen (secondary N) is 1. The van der Waals surface area contributed by atoms with Gasteiger partial charge in [-0.15, -0.1) is 0 Å². The third-order valence-corrected chi connectivity index (χ3v) is 7.55. The topological polar surface area (TPSA) is 139 Å². The first-order valence-electron chi connectivity index (χ1n) is 12.3. The number of likely N-dealkylation sites (tertiary alicyclic amines) is 1. The van der Waals surface area contributed by atoms with Gasteiger partial charge in [0.1, 0.15) is 11.8 Å². The van der Waals surface area contributed by atoms with Crippen LogP contribution < -0.4 is 0 Å². The maximum Gasteiger partial charge on any atom is 0.219 e. The van der Waals surface area contributed by atoms with Gasteiger partial charge >= 0.3 is 0 Å². The number of ketones is 1. The number of hydrogen-bond acceptors (Lipinski definition) is 5. The lowest BCUT2D eigenvalue weighted by molar-refractivity contribution is -0.130. The van der Waals surface area contributed by atoms with Crippen molar-refractivity contribution < 1.29 is 9.59 Å². The summed E-state index contributed by atoms with van der Waals surface area (Å²) >= 11 is 0. The summed E-state index contributed by atoms with van der Waals surface area (Å²) in [5.74, 6) is -0.00389. The number of allylic oxidation sites excluding steroid dienone is 2. The first kappa shape index (κ1) is 25.2. The Hall–Kier alpha value is -3.89. The lowest BCUT2D eigenvalue weighted by Crippen LogP contribution is -2.43. The minimum absolute atomic E-state index is 0.0199. The van der Waals surface area contributed by atoms with Crippen LogP contribution in [0.3, 0.4) is 0 Å². The third kappa shape index (κ3) is 5.19. The monoisotopic (exact) mass is 485 g/mol. The first-order valence-corrected chi connectivity index (χ1v) is 12.3. The molecule has 0 radical (unpaired) electrons. The molecule has 9 nitrogen and oxygen atoms in total. The predicted molar refractivity (Wildman–Crippen MR) is 136 cm³/mol. The molecule has 36 heavy (non-hydrogen) atoms. The van der Waals surface area contributed by atoms with E-state index in [4.69, 9.17) is 5.26 Å². The Morgan fingerprint density at radius 2 is 2.03 bits per heavy atom. The summed E-state index contributed by atoms with van der Waals surface area (Å²) in [5, 5.41) is 13.3. The standard InChI is InChI=1S/C27H31N7O2/c1-18(35)34-12-10-27(11-13-34,32-33-29)21-5-4-20(14-24(36)25-30-17-22(16-28)31-25)23(15-21)19-6-8-26(2,3)9-7-19/h4-6,15,17H,7-14H2,1-3H3,(H,30,31). The van der Waals surface area contributed by atoms with Gasteiger partial charge in [-0.1, -0.05) is 43.2 Å². The number of Topliss-reactive ketones (excluding diaryl/α,β-unsaturated/α-hetero) is 1. The molecule has 1 aliphatic heterocycles. The van der Waals surface area contributed by atoms with Crippen molar-refractivity contribution in [1.82, 2.24) is 14.9 Å². The minimum Gasteiger partial charge on any atom is -0.343 e. The lowest BCUT2D eigenvalue weighted by Gasteiger charge is -2.39. The van der Waals surface area contributed by atoms with Crippen molar-refractivity contribution in [3.05, 3.63) is 69.1 Å². The van der Waals surface area contributed by atoms with E-state index in [1.165, 1.54) is 11.8 Å². The number of benzene rings is 1. The van der Waals surface area contributed by atoms with E-state index in [2.05, 4.69) is 46.0 Å². The highest BCUT2D eigenvalue weighted by Gasteiger charge is 2.37. The molecule has 2 heterocycles. The van der Waals surface area contributed by atoms with Gasteiger partial charge in [-0.25, -0.2) is 4.98 Å². The maximum atomic E-state index is 13.0. The zero-order valence-electron chi connectivity index (χ0n) is 21.0. The van der Waals surface area contributed by atoms with Crippen LogP contribution >= 0.6 is 0 Å². The van der Waals surface area contributed by atoms with Gasteiger partial charge in [0.15, 0.2) is 5.82 Å². The van der Waals surface area contributed by atoms with Gasteiger partial charge in [0, 0.05) is 31.3 Å². The zero-order chi connectivity index (χ0) is 25.9. The van der Waals surface area contributed by atoms with E-state index in [0.29, 0.717) is 25.9 Å². The summed E-state index contributed by atoms with van der Waals surface area (Å²) in [7, 11) is 0. The summed E-state index contributed by atoms with van der Waals surface area (Å²) in [5.41, 5.74) is 13.1. The number of hydrogen-bond donors (Lipinski definition) is 1. The molecule has 2 aromatic rings. The van der Waals surface area contributed by atoms with Crippen molar-refractivity contribution in [3.63, 3.8) is 0 Å². The molecule has 0 atom stereocenters. The van der Waals surface area contributed by atoms with E-state index < -0.39 is 5.54 Å². The van der Waals surface area contributed by atoms with E-state index >= 15 is 0 Å². The van der Waals surface area contributed by atoms with Crippen LogP contribution in [0.25, 0.3) is 16.0 Å². The Labute approximate surface area is 210 Å². The molecule has 1 amide bonds. The average molecular weight is 486 g/mol. The molecular weight excluding hydrogens is 454 g/mol. The second-order valence-corrected chi connectivity index (χ2v) is 10.6. The quantitative estimate of drug-likeness (QED) is 0.251. The number of H-pyrrole nitrogens is 1. The number of piperidine rings is 1. The van der Waals surface area contributed by atoms with Crippen LogP contribution in [0.4, 0.5) is 0 Å². The van der Waals surface area contributed by atoms with E-state index in [-0.39, 0.29) is 35.0 Å². The molecule has 0 unspecified atom stereocenters. The van der Waals surface area contributed by atoms with E-state index in [1.807, 2.05) is 18.2 Å². The maximum absolute atomic E-state index is 13.0. The zero-order valence-corrected chi connectivity index (χ0v) is 21.0. The highest BCUT2D eigenvalue weighted by Crippen LogP contribution is 2.42. The van der Waals surface area contributed by atoms with Crippen molar-refractivity contribution in [2.75, 3.05) is 13.1 Å². The van der Waals surface area contributed by atoms with Crippen LogP contribution in [-0.2, 0) is 16.8 Å². The van der Waals surface area contributed by atoms with Crippen LogP contribution in [0.5, 0.6) is 0 Å². The van der Waals surface area contributed by atoms with Crippen molar-refractivity contribution in [2.24, 2.45) is 10.5 Å². The van der Waals surface area contributed by atoms with Crippen LogP contribution in [0.1, 0.15) is 85.9 Å². The Balaban J connectivity index is 1.73. The van der Waals surface area contributed by atoms with E-state index in [9.17, 15) is 15.1 Å². The number of nitriles is 1. The van der Waals surface area contributed by atoms with Gasteiger partial charge in [-0.3, -0.25) is 9.59 Å². The number of rotatable bonds is 6. The molecule has 0 spiro atoms. The number of carbonyl (C=O) groups excluding carboxylic acids is 2. The smallest absolute Gasteiger partial charge is 0.219 e. The van der Waals surface area contributed by atoms with Crippen molar-refractivity contribution in [2.45, 2.75) is 64.8 Å². The summed E-state index contributed by atoms with van der Waals surface area (Å²) in [6.07, 6.45) is 7.72.